The highest BCUT2D eigenvalue weighted by molar-refractivity contribution is 5.09. The molecule has 0 fully saturated rings. The molecule has 0 aliphatic rings. The number of aromatic nitrogens is 25. The average molecular weight is 1520 g/mol. The van der Waals surface area contributed by atoms with Crippen molar-refractivity contribution >= 4 is 0 Å². The fraction of sp³-hybridized carbons (Fsp3) is 0.529. The van der Waals surface area contributed by atoms with E-state index in [0.29, 0.717) is 23.8 Å². The Morgan fingerprint density at radius 3 is 1.15 bits per heavy atom. The van der Waals surface area contributed by atoms with Crippen molar-refractivity contribution in [3.05, 3.63) is 242 Å². The highest BCUT2D eigenvalue weighted by Gasteiger charge is 2.03. The number of hydrogen-bond donors (Lipinski definition) is 0. The van der Waals surface area contributed by atoms with Gasteiger partial charge < -0.3 is 4.57 Å². The van der Waals surface area contributed by atoms with Crippen molar-refractivity contribution in [3.63, 3.8) is 0 Å². The van der Waals surface area contributed by atoms with Gasteiger partial charge in [-0.1, -0.05) is 123 Å². The molecule has 0 saturated carbocycles. The predicted octanol–water partition coefficient (Wildman–Crippen LogP) is 17.6. The molecule has 0 spiro atoms. The van der Waals surface area contributed by atoms with Crippen LogP contribution in [0, 0.1) is 0 Å². The van der Waals surface area contributed by atoms with Crippen LogP contribution < -0.4 is 0 Å². The Hall–Kier alpha value is -10.2. The molecule has 0 bridgehead atoms. The minimum atomic E-state index is 0.491. The molecular weight excluding hydrogens is 1370 g/mol. The molecule has 13 aromatic rings. The first-order valence-electron chi connectivity index (χ1n) is 39.6. The predicted molar refractivity (Wildman–Crippen MR) is 454 cm³/mol. The van der Waals surface area contributed by atoms with Gasteiger partial charge in [0.05, 0.1) is 35.7 Å². The molecule has 110 heavy (non-hydrogen) atoms. The van der Waals surface area contributed by atoms with Crippen LogP contribution >= 0.6 is 0 Å². The van der Waals surface area contributed by atoms with E-state index in [1.807, 2.05) is 254 Å². The van der Waals surface area contributed by atoms with Gasteiger partial charge in [0.2, 0.25) is 0 Å². The molecule has 0 N–H and O–H groups in total. The van der Waals surface area contributed by atoms with Crippen LogP contribution in [0.1, 0.15) is 231 Å². The Bertz CT molecular complexity index is 3960. The van der Waals surface area contributed by atoms with E-state index in [1.165, 1.54) is 78.0 Å². The van der Waals surface area contributed by atoms with Crippen LogP contribution in [0.3, 0.4) is 0 Å². The number of rotatable bonds is 19. The first-order chi connectivity index (χ1) is 52.7. The summed E-state index contributed by atoms with van der Waals surface area (Å²) in [6.45, 7) is 39.5. The van der Waals surface area contributed by atoms with Crippen LogP contribution in [0.2, 0.25) is 0 Å². The highest BCUT2D eigenvalue weighted by atomic mass is 15.3. The Morgan fingerprint density at radius 1 is 0.336 bits per heavy atom. The summed E-state index contributed by atoms with van der Waals surface area (Å²) in [6.07, 6.45) is 52.4. The van der Waals surface area contributed by atoms with E-state index in [-0.39, 0.29) is 0 Å². The summed E-state index contributed by atoms with van der Waals surface area (Å²) in [6, 6.07) is 22.7. The van der Waals surface area contributed by atoms with Gasteiger partial charge in [0, 0.05) is 212 Å². The van der Waals surface area contributed by atoms with E-state index < -0.39 is 0 Å². The van der Waals surface area contributed by atoms with Crippen molar-refractivity contribution in [1.82, 2.24) is 122 Å². The van der Waals surface area contributed by atoms with Crippen LogP contribution in [0.4, 0.5) is 0 Å². The molecule has 0 radical (unpaired) electrons. The van der Waals surface area contributed by atoms with E-state index in [9.17, 15) is 0 Å². The van der Waals surface area contributed by atoms with Gasteiger partial charge >= 0.3 is 0 Å². The number of aryl methyl sites for hydroxylation is 18. The molecule has 25 heteroatoms. The summed E-state index contributed by atoms with van der Waals surface area (Å²) in [7, 11) is 17.6. The van der Waals surface area contributed by atoms with Gasteiger partial charge in [0.25, 0.3) is 0 Å². The monoisotopic (exact) mass is 1510 g/mol. The van der Waals surface area contributed by atoms with Crippen molar-refractivity contribution in [1.29, 1.82) is 0 Å². The van der Waals surface area contributed by atoms with Crippen molar-refractivity contribution < 1.29 is 0 Å². The van der Waals surface area contributed by atoms with E-state index in [0.717, 1.165) is 69.5 Å². The normalized spacial score (nSPS) is 10.1. The molecule has 13 rings (SSSR count). The highest BCUT2D eigenvalue weighted by Crippen LogP contribution is 2.13. The van der Waals surface area contributed by atoms with Crippen LogP contribution in [0.15, 0.2) is 191 Å². The van der Waals surface area contributed by atoms with Crippen LogP contribution in [0.25, 0.3) is 0 Å². The molecule has 608 valence electrons. The third-order valence-electron chi connectivity index (χ3n) is 16.1. The summed E-state index contributed by atoms with van der Waals surface area (Å²) in [5.74, 6) is 1.72. The summed E-state index contributed by atoms with van der Waals surface area (Å²) >= 11 is 0. The Kier molecular flexibility index (Phi) is 53.1. The lowest BCUT2D eigenvalue weighted by atomic mass is 10.1. The number of unbranched alkanes of at least 4 members (excludes halogenated alkanes) is 1. The molecule has 13 aromatic heterocycles. The van der Waals surface area contributed by atoms with E-state index in [4.69, 9.17) is 0 Å². The SMILES string of the molecule is CC(C)c1ccn(C)n1.CC(C)c1ccnn1C.CC(C)c1cnn(C)c1.CC(C)n1cccn1.CCCCn1cccn1.CCCc1cccn1C.CCCc1ccn(C)n1.CCCc1cnn(C)c1.CCCn1cccn1.CCc1ccn(C)n1.CCc1ccnn1C.CCc1cnn(C)c1.CCn1cccn1. The van der Waals surface area contributed by atoms with Gasteiger partial charge in [-0.15, -0.1) is 0 Å². The second kappa shape index (κ2) is 59.7. The molecule has 0 aliphatic carbocycles. The number of nitrogens with zero attached hydrogens (tertiary/aromatic N) is 25. The topological polar surface area (TPSA) is 219 Å². The lowest BCUT2D eigenvalue weighted by molar-refractivity contribution is 0.532. The molecule has 0 atom stereocenters. The van der Waals surface area contributed by atoms with Crippen LogP contribution in [-0.2, 0) is 122 Å². The van der Waals surface area contributed by atoms with Gasteiger partial charge in [-0.05, 0) is 173 Å². The Balaban J connectivity index is 0.000000596. The molecule has 0 aliphatic heterocycles. The minimum Gasteiger partial charge on any atom is -0.354 e. The maximum Gasteiger partial charge on any atom is 0.0649 e. The van der Waals surface area contributed by atoms with E-state index in [1.54, 1.807) is 18.6 Å². The summed E-state index contributed by atoms with van der Waals surface area (Å²) in [5.41, 5.74) is 11.5. The molecule has 0 aromatic carbocycles. The van der Waals surface area contributed by atoms with Crippen molar-refractivity contribution in [2.45, 2.75) is 238 Å². The zero-order valence-electron chi connectivity index (χ0n) is 72.5. The minimum absolute atomic E-state index is 0.491. The van der Waals surface area contributed by atoms with Gasteiger partial charge in [0.1, 0.15) is 0 Å². The number of hydrogen-bond acceptors (Lipinski definition) is 12. The summed E-state index contributed by atoms with van der Waals surface area (Å²) < 4.78 is 24.6. The second-order valence-electron chi connectivity index (χ2n) is 27.4. The standard InChI is InChI=1S/C8H13N.6C7H12N2.5C6H10N2.C5H8N2/c1-3-5-8-6-4-7-9(8)2;1-6(2)7-4-8-9(3)5-7;1-6(2)7-4-5-9(3)8-7;1-6(2)7-4-5-8-9(7)3;1-3-4-7-5-8-9(2)6-7;1-3-4-7-5-6-9(2)8-7;1-2-3-6-9-7-4-5-8-9;1-6(2)8-5-3-4-7-8;1-3-6-4-7-8(2)5-6;1-3-6-4-5-8(2)7-6;1-3-6-4-5-7-8(6)2;1-2-5-8-6-3-4-7-8;1-2-7-5-3-4-6-7/h4,6-7H,3,5H2,1-2H3;3*4-6H,1-3H3;2*5-6H,3-4H2,1-2H3;4-5,7H,2-3,6H2,1H3;3-6H,1-2H3;3*4-5H,3H2,1-2H3;3-4,6H,2,5H2,1H3;3-5H,2H2,1H3. The van der Waals surface area contributed by atoms with E-state index in [2.05, 4.69) is 221 Å². The van der Waals surface area contributed by atoms with Crippen molar-refractivity contribution in [2.24, 2.45) is 63.4 Å². The molecule has 0 amide bonds. The van der Waals surface area contributed by atoms with Gasteiger partial charge in [0.15, 0.2) is 0 Å². The fourth-order valence-electron chi connectivity index (χ4n) is 9.73. The van der Waals surface area contributed by atoms with Crippen LogP contribution in [0.5, 0.6) is 0 Å². The largest absolute Gasteiger partial charge is 0.354 e. The van der Waals surface area contributed by atoms with Gasteiger partial charge in [-0.25, -0.2) is 0 Å². The first kappa shape index (κ1) is 97.8. The molecule has 0 saturated heterocycles. The average Bonchev–Trinajstić information content (AvgIpc) is 1.75. The summed E-state index contributed by atoms with van der Waals surface area (Å²) in [5, 5.41) is 48.8. The van der Waals surface area contributed by atoms with Gasteiger partial charge in [-0.2, -0.15) is 61.2 Å². The third kappa shape index (κ3) is 45.6. The zero-order chi connectivity index (χ0) is 82.0. The Morgan fingerprint density at radius 2 is 0.855 bits per heavy atom. The maximum atomic E-state index is 4.23. The van der Waals surface area contributed by atoms with E-state index >= 15 is 0 Å². The molecule has 0 unspecified atom stereocenters. The first-order valence-corrected chi connectivity index (χ1v) is 39.6. The lowest BCUT2D eigenvalue weighted by Crippen LogP contribution is -1.99. The smallest absolute Gasteiger partial charge is 0.0649 e. The lowest BCUT2D eigenvalue weighted by Gasteiger charge is -2.02. The Labute approximate surface area is 661 Å². The quantitative estimate of drug-likeness (QED) is 0.0738. The fourth-order valence-corrected chi connectivity index (χ4v) is 9.73. The second-order valence-corrected chi connectivity index (χ2v) is 27.4. The maximum absolute atomic E-state index is 4.23. The third-order valence-corrected chi connectivity index (χ3v) is 16.1. The van der Waals surface area contributed by atoms with Crippen LogP contribution in [-0.4, -0.2) is 122 Å². The molecule has 25 nitrogen and oxygen atoms in total. The molecular formula is C85H143N25. The zero-order valence-corrected chi connectivity index (χ0v) is 72.5. The van der Waals surface area contributed by atoms with Gasteiger partial charge in [-0.3, -0.25) is 56.2 Å². The van der Waals surface area contributed by atoms with Crippen molar-refractivity contribution in [3.8, 4) is 0 Å². The van der Waals surface area contributed by atoms with Crippen molar-refractivity contribution in [2.75, 3.05) is 0 Å². The summed E-state index contributed by atoms with van der Waals surface area (Å²) in [4.78, 5) is 0. The molecule has 13 heterocycles.